The molecule has 0 aliphatic heterocycles. The fourth-order valence-corrected chi connectivity index (χ4v) is 3.68. The van der Waals surface area contributed by atoms with E-state index in [1.807, 2.05) is 18.2 Å². The Morgan fingerprint density at radius 3 is 2.90 bits per heavy atom. The van der Waals surface area contributed by atoms with Gasteiger partial charge in [-0.2, -0.15) is 0 Å². The molecule has 1 heterocycles. The summed E-state index contributed by atoms with van der Waals surface area (Å²) in [4.78, 5) is 15.5. The van der Waals surface area contributed by atoms with Gasteiger partial charge in [-0.15, -0.1) is 0 Å². The van der Waals surface area contributed by atoms with Crippen LogP contribution in [0.4, 0.5) is 0 Å². The molecule has 1 aromatic carbocycles. The number of rotatable bonds is 5. The lowest BCUT2D eigenvalue weighted by atomic mass is 9.81. The number of benzene rings is 1. The molecular weight excluding hydrogens is 288 g/mol. The lowest BCUT2D eigenvalue weighted by molar-refractivity contribution is -0.133. The van der Waals surface area contributed by atoms with Crippen molar-refractivity contribution in [2.24, 2.45) is 5.92 Å². The van der Waals surface area contributed by atoms with Gasteiger partial charge in [-0.1, -0.05) is 24.8 Å². The van der Waals surface area contributed by atoms with Gasteiger partial charge in [0.1, 0.15) is 11.3 Å². The van der Waals surface area contributed by atoms with Gasteiger partial charge in [0, 0.05) is 6.04 Å². The van der Waals surface area contributed by atoms with Crippen LogP contribution in [0.5, 0.6) is 5.75 Å². The van der Waals surface area contributed by atoms with Crippen LogP contribution in [0, 0.1) is 5.92 Å². The van der Waals surface area contributed by atoms with Crippen molar-refractivity contribution in [1.82, 2.24) is 9.55 Å². The summed E-state index contributed by atoms with van der Waals surface area (Å²) in [7, 11) is 1.63. The number of ether oxygens (including phenoxy) is 1. The van der Waals surface area contributed by atoms with Crippen LogP contribution in [-0.2, 0) is 4.79 Å². The Labute approximate surface area is 127 Å². The molecule has 5 nitrogen and oxygen atoms in total. The SMILES string of the molecule is COc1cccc2c1nc(SCC(=O)O)n2C1CC(C)C1. The van der Waals surface area contributed by atoms with Crippen LogP contribution in [-0.4, -0.2) is 33.5 Å². The average Bonchev–Trinajstić information content (AvgIpc) is 2.79. The van der Waals surface area contributed by atoms with Crippen molar-refractivity contribution >= 4 is 28.8 Å². The van der Waals surface area contributed by atoms with Gasteiger partial charge in [0.15, 0.2) is 5.16 Å². The smallest absolute Gasteiger partial charge is 0.313 e. The molecule has 0 atom stereocenters. The molecule has 1 aromatic heterocycles. The zero-order valence-electron chi connectivity index (χ0n) is 12.1. The minimum Gasteiger partial charge on any atom is -0.494 e. The van der Waals surface area contributed by atoms with E-state index in [4.69, 9.17) is 9.84 Å². The summed E-state index contributed by atoms with van der Waals surface area (Å²) in [5, 5.41) is 9.68. The Hall–Kier alpha value is -1.69. The number of hydrogen-bond acceptors (Lipinski definition) is 4. The molecule has 1 N–H and O–H groups in total. The summed E-state index contributed by atoms with van der Waals surface area (Å²) < 4.78 is 7.56. The Bertz CT molecular complexity index is 677. The predicted molar refractivity (Wildman–Crippen MR) is 82.1 cm³/mol. The Kier molecular flexibility index (Phi) is 3.80. The first-order chi connectivity index (χ1) is 10.1. The maximum absolute atomic E-state index is 10.8. The summed E-state index contributed by atoms with van der Waals surface area (Å²) >= 11 is 1.28. The number of fused-ring (bicyclic) bond motifs is 1. The highest BCUT2D eigenvalue weighted by Gasteiger charge is 2.30. The van der Waals surface area contributed by atoms with Crippen LogP contribution in [0.2, 0.25) is 0 Å². The number of carboxylic acids is 1. The maximum atomic E-state index is 10.8. The van der Waals surface area contributed by atoms with Crippen LogP contribution < -0.4 is 4.74 Å². The Balaban J connectivity index is 2.06. The van der Waals surface area contributed by atoms with Crippen LogP contribution in [0.1, 0.15) is 25.8 Å². The van der Waals surface area contributed by atoms with E-state index in [2.05, 4.69) is 16.5 Å². The van der Waals surface area contributed by atoms with E-state index >= 15 is 0 Å². The molecule has 112 valence electrons. The second-order valence-corrected chi connectivity index (χ2v) is 6.45. The highest BCUT2D eigenvalue weighted by Crippen LogP contribution is 2.42. The van der Waals surface area contributed by atoms with E-state index in [1.54, 1.807) is 7.11 Å². The fraction of sp³-hybridized carbons (Fsp3) is 0.467. The van der Waals surface area contributed by atoms with Gasteiger partial charge in [-0.3, -0.25) is 4.79 Å². The monoisotopic (exact) mass is 306 g/mol. The number of imidazole rings is 1. The highest BCUT2D eigenvalue weighted by molar-refractivity contribution is 7.99. The van der Waals surface area contributed by atoms with Crippen molar-refractivity contribution < 1.29 is 14.6 Å². The van der Waals surface area contributed by atoms with Gasteiger partial charge in [-0.05, 0) is 30.9 Å². The topological polar surface area (TPSA) is 64.3 Å². The molecule has 1 saturated carbocycles. The van der Waals surface area contributed by atoms with Gasteiger partial charge in [-0.25, -0.2) is 4.98 Å². The summed E-state index contributed by atoms with van der Waals surface area (Å²) in [6.45, 7) is 2.24. The zero-order valence-corrected chi connectivity index (χ0v) is 12.9. The third-order valence-corrected chi connectivity index (χ3v) is 4.85. The molecule has 1 aliphatic rings. The van der Waals surface area contributed by atoms with Crippen molar-refractivity contribution in [1.29, 1.82) is 0 Å². The summed E-state index contributed by atoms with van der Waals surface area (Å²) in [5.74, 6) is 0.646. The van der Waals surface area contributed by atoms with Gasteiger partial charge in [0.05, 0.1) is 18.4 Å². The number of carboxylic acid groups (broad SMARTS) is 1. The number of aliphatic carboxylic acids is 1. The first-order valence-electron chi connectivity index (χ1n) is 6.99. The molecule has 0 bridgehead atoms. The molecule has 0 saturated heterocycles. The lowest BCUT2D eigenvalue weighted by Gasteiger charge is -2.35. The van der Waals surface area contributed by atoms with E-state index in [1.165, 1.54) is 11.8 Å². The molecule has 1 aliphatic carbocycles. The van der Waals surface area contributed by atoms with Crippen LogP contribution in [0.25, 0.3) is 11.0 Å². The lowest BCUT2D eigenvalue weighted by Crippen LogP contribution is -2.25. The summed E-state index contributed by atoms with van der Waals surface area (Å²) in [6.07, 6.45) is 2.23. The molecule has 0 amide bonds. The second-order valence-electron chi connectivity index (χ2n) is 5.51. The zero-order chi connectivity index (χ0) is 15.0. The van der Waals surface area contributed by atoms with E-state index in [9.17, 15) is 4.79 Å². The number of aromatic nitrogens is 2. The van der Waals surface area contributed by atoms with Gasteiger partial charge < -0.3 is 14.4 Å². The van der Waals surface area contributed by atoms with Crippen molar-refractivity contribution in [2.45, 2.75) is 31.0 Å². The molecule has 21 heavy (non-hydrogen) atoms. The number of hydrogen-bond donors (Lipinski definition) is 1. The van der Waals surface area contributed by atoms with Crippen molar-refractivity contribution in [3.05, 3.63) is 18.2 Å². The standard InChI is InChI=1S/C15H18N2O3S/c1-9-6-10(7-9)17-11-4-3-5-12(20-2)14(11)16-15(17)21-8-13(18)19/h3-5,9-10H,6-8H2,1-2H3,(H,18,19). The average molecular weight is 306 g/mol. The number of nitrogens with zero attached hydrogens (tertiary/aromatic N) is 2. The number of thioether (sulfide) groups is 1. The van der Waals surface area contributed by atoms with Gasteiger partial charge in [0.25, 0.3) is 0 Å². The Morgan fingerprint density at radius 1 is 1.52 bits per heavy atom. The third kappa shape index (κ3) is 2.60. The molecule has 3 rings (SSSR count). The summed E-state index contributed by atoms with van der Waals surface area (Å²) in [6, 6.07) is 6.27. The fourth-order valence-electron chi connectivity index (χ4n) is 2.89. The minimum atomic E-state index is -0.826. The predicted octanol–water partition coefficient (Wildman–Crippen LogP) is 3.19. The number of carbonyl (C=O) groups is 1. The molecule has 2 aromatic rings. The minimum absolute atomic E-state index is 0.0217. The quantitative estimate of drug-likeness (QED) is 0.859. The maximum Gasteiger partial charge on any atom is 0.313 e. The van der Waals surface area contributed by atoms with E-state index in [0.717, 1.165) is 40.7 Å². The molecule has 0 radical (unpaired) electrons. The second kappa shape index (κ2) is 5.60. The normalized spacial score (nSPS) is 21.2. The highest BCUT2D eigenvalue weighted by atomic mass is 32.2. The van der Waals surface area contributed by atoms with Gasteiger partial charge in [0.2, 0.25) is 0 Å². The Morgan fingerprint density at radius 2 is 2.29 bits per heavy atom. The molecule has 0 unspecified atom stereocenters. The molecule has 6 heteroatoms. The third-order valence-electron chi connectivity index (χ3n) is 3.91. The van der Waals surface area contributed by atoms with Crippen molar-refractivity contribution in [3.63, 3.8) is 0 Å². The van der Waals surface area contributed by atoms with Crippen molar-refractivity contribution in [3.8, 4) is 5.75 Å². The largest absolute Gasteiger partial charge is 0.494 e. The van der Waals surface area contributed by atoms with Crippen LogP contribution >= 0.6 is 11.8 Å². The van der Waals surface area contributed by atoms with Crippen molar-refractivity contribution in [2.75, 3.05) is 12.9 Å². The van der Waals surface area contributed by atoms with E-state index < -0.39 is 5.97 Å². The van der Waals surface area contributed by atoms with Crippen LogP contribution in [0.15, 0.2) is 23.4 Å². The number of methoxy groups -OCH3 is 1. The molecule has 0 spiro atoms. The van der Waals surface area contributed by atoms with E-state index in [0.29, 0.717) is 6.04 Å². The van der Waals surface area contributed by atoms with Crippen LogP contribution in [0.3, 0.4) is 0 Å². The van der Waals surface area contributed by atoms with Gasteiger partial charge >= 0.3 is 5.97 Å². The molecule has 1 fully saturated rings. The summed E-state index contributed by atoms with van der Waals surface area (Å²) in [5.41, 5.74) is 1.84. The first kappa shape index (κ1) is 14.3. The number of para-hydroxylation sites is 1. The molecular formula is C15H18N2O3S. The van der Waals surface area contributed by atoms with E-state index in [-0.39, 0.29) is 5.75 Å². The first-order valence-corrected chi connectivity index (χ1v) is 7.98.